The summed E-state index contributed by atoms with van der Waals surface area (Å²) in [6.07, 6.45) is 0.531. The van der Waals surface area contributed by atoms with E-state index in [1.807, 2.05) is 20.8 Å². The van der Waals surface area contributed by atoms with E-state index >= 15 is 0 Å². The van der Waals surface area contributed by atoms with E-state index < -0.39 is 5.60 Å². The second kappa shape index (κ2) is 11.2. The summed E-state index contributed by atoms with van der Waals surface area (Å²) in [5.41, 5.74) is -0.479. The first-order valence-corrected chi connectivity index (χ1v) is 9.45. The molecule has 1 saturated heterocycles. The summed E-state index contributed by atoms with van der Waals surface area (Å²) < 4.78 is 10.4. The zero-order chi connectivity index (χ0) is 19.6. The van der Waals surface area contributed by atoms with Crippen LogP contribution in [-0.4, -0.2) is 93.5 Å². The summed E-state index contributed by atoms with van der Waals surface area (Å²) in [6.45, 7) is 13.3. The molecule has 1 aliphatic rings. The molecule has 0 saturated carbocycles. The van der Waals surface area contributed by atoms with Gasteiger partial charge in [0.05, 0.1) is 19.2 Å². The molecule has 152 valence electrons. The van der Waals surface area contributed by atoms with Crippen molar-refractivity contribution in [2.45, 2.75) is 45.8 Å². The minimum atomic E-state index is -0.479. The van der Waals surface area contributed by atoms with Crippen molar-refractivity contribution >= 4 is 12.1 Å². The van der Waals surface area contributed by atoms with Gasteiger partial charge in [0.15, 0.2) is 5.96 Å². The SMILES string of the molecule is CCNC(=NCCN(C)CCOC)N1CCC(NC(=O)OC(C)(C)C)C1. The lowest BCUT2D eigenvalue weighted by molar-refractivity contribution is 0.0507. The maximum atomic E-state index is 11.9. The second-order valence-electron chi connectivity index (χ2n) is 7.61. The van der Waals surface area contributed by atoms with E-state index in [1.54, 1.807) is 7.11 Å². The molecule has 1 aliphatic heterocycles. The topological polar surface area (TPSA) is 78.4 Å². The van der Waals surface area contributed by atoms with E-state index in [2.05, 4.69) is 34.4 Å². The van der Waals surface area contributed by atoms with Gasteiger partial charge in [0.1, 0.15) is 5.60 Å². The van der Waals surface area contributed by atoms with Crippen LogP contribution < -0.4 is 10.6 Å². The summed E-state index contributed by atoms with van der Waals surface area (Å²) in [6, 6.07) is 0.0816. The first kappa shape index (κ1) is 22.5. The molecule has 0 aromatic carbocycles. The Balaban J connectivity index is 2.47. The van der Waals surface area contributed by atoms with Crippen LogP contribution in [0.3, 0.4) is 0 Å². The highest BCUT2D eigenvalue weighted by Crippen LogP contribution is 2.12. The van der Waals surface area contributed by atoms with Gasteiger partial charge in [-0.1, -0.05) is 0 Å². The third-order valence-electron chi connectivity index (χ3n) is 3.96. The van der Waals surface area contributed by atoms with Gasteiger partial charge in [-0.05, 0) is 41.2 Å². The van der Waals surface area contributed by atoms with Gasteiger partial charge in [-0.25, -0.2) is 4.79 Å². The van der Waals surface area contributed by atoms with Gasteiger partial charge in [0, 0.05) is 39.8 Å². The van der Waals surface area contributed by atoms with E-state index in [0.29, 0.717) is 0 Å². The van der Waals surface area contributed by atoms with Gasteiger partial charge in [-0.15, -0.1) is 0 Å². The molecule has 0 bridgehead atoms. The van der Waals surface area contributed by atoms with Crippen molar-refractivity contribution in [1.29, 1.82) is 0 Å². The van der Waals surface area contributed by atoms with Crippen LogP contribution in [0, 0.1) is 0 Å². The number of aliphatic imine (C=N–C) groups is 1. The number of rotatable bonds is 8. The van der Waals surface area contributed by atoms with Crippen molar-refractivity contribution in [2.75, 3.05) is 60.0 Å². The third kappa shape index (κ3) is 9.24. The highest BCUT2D eigenvalue weighted by Gasteiger charge is 2.27. The molecule has 8 heteroatoms. The highest BCUT2D eigenvalue weighted by molar-refractivity contribution is 5.80. The highest BCUT2D eigenvalue weighted by atomic mass is 16.6. The Labute approximate surface area is 158 Å². The standard InChI is InChI=1S/C18H37N5O3/c1-7-19-16(20-9-11-22(5)12-13-25-6)23-10-8-15(14-23)21-17(24)26-18(2,3)4/h15H,7-14H2,1-6H3,(H,19,20)(H,21,24). The molecule has 1 rings (SSSR count). The van der Waals surface area contributed by atoms with Crippen molar-refractivity contribution in [3.63, 3.8) is 0 Å². The number of likely N-dealkylation sites (N-methyl/N-ethyl adjacent to an activating group) is 1. The second-order valence-corrected chi connectivity index (χ2v) is 7.61. The molecule has 1 heterocycles. The Morgan fingerprint density at radius 2 is 2.08 bits per heavy atom. The summed E-state index contributed by atoms with van der Waals surface area (Å²) in [7, 11) is 3.78. The van der Waals surface area contributed by atoms with E-state index in [0.717, 1.165) is 58.3 Å². The number of amides is 1. The van der Waals surface area contributed by atoms with E-state index in [4.69, 9.17) is 14.5 Å². The van der Waals surface area contributed by atoms with Crippen LogP contribution >= 0.6 is 0 Å². The Morgan fingerprint density at radius 3 is 2.69 bits per heavy atom. The minimum Gasteiger partial charge on any atom is -0.444 e. The maximum absolute atomic E-state index is 11.9. The molecule has 1 amide bonds. The normalized spacial score (nSPS) is 18.3. The van der Waals surface area contributed by atoms with Crippen molar-refractivity contribution in [2.24, 2.45) is 4.99 Å². The number of hydrogen-bond acceptors (Lipinski definition) is 5. The smallest absolute Gasteiger partial charge is 0.407 e. The number of nitrogens with zero attached hydrogens (tertiary/aromatic N) is 3. The van der Waals surface area contributed by atoms with Crippen molar-refractivity contribution in [3.8, 4) is 0 Å². The molecule has 1 atom stereocenters. The summed E-state index contributed by atoms with van der Waals surface area (Å²) in [5, 5.41) is 6.29. The molecule has 1 unspecified atom stereocenters. The Hall–Kier alpha value is -1.54. The number of carbonyl (C=O) groups is 1. The van der Waals surface area contributed by atoms with Crippen LogP contribution in [-0.2, 0) is 9.47 Å². The van der Waals surface area contributed by atoms with Gasteiger partial charge >= 0.3 is 6.09 Å². The van der Waals surface area contributed by atoms with Crippen molar-refractivity contribution < 1.29 is 14.3 Å². The molecule has 2 N–H and O–H groups in total. The largest absolute Gasteiger partial charge is 0.444 e. The van der Waals surface area contributed by atoms with Gasteiger partial charge in [0.25, 0.3) is 0 Å². The fourth-order valence-electron chi connectivity index (χ4n) is 2.66. The third-order valence-corrected chi connectivity index (χ3v) is 3.96. The summed E-state index contributed by atoms with van der Waals surface area (Å²) in [4.78, 5) is 21.1. The maximum Gasteiger partial charge on any atom is 0.407 e. The van der Waals surface area contributed by atoms with E-state index in [1.165, 1.54) is 0 Å². The Bertz CT molecular complexity index is 451. The van der Waals surface area contributed by atoms with Gasteiger partial charge in [-0.2, -0.15) is 0 Å². The quantitative estimate of drug-likeness (QED) is 0.492. The number of guanidine groups is 1. The lowest BCUT2D eigenvalue weighted by atomic mass is 10.2. The van der Waals surface area contributed by atoms with Crippen LogP contribution in [0.1, 0.15) is 34.1 Å². The van der Waals surface area contributed by atoms with E-state index in [-0.39, 0.29) is 12.1 Å². The summed E-state index contributed by atoms with van der Waals surface area (Å²) in [5.74, 6) is 0.904. The Kier molecular flexibility index (Phi) is 9.72. The molecule has 0 aromatic heterocycles. The summed E-state index contributed by atoms with van der Waals surface area (Å²) >= 11 is 0. The number of alkyl carbamates (subject to hydrolysis) is 1. The van der Waals surface area contributed by atoms with Crippen molar-refractivity contribution in [1.82, 2.24) is 20.4 Å². The monoisotopic (exact) mass is 371 g/mol. The van der Waals surface area contributed by atoms with Crippen molar-refractivity contribution in [3.05, 3.63) is 0 Å². The average molecular weight is 372 g/mol. The first-order valence-electron chi connectivity index (χ1n) is 9.45. The zero-order valence-corrected chi connectivity index (χ0v) is 17.3. The van der Waals surface area contributed by atoms with Crippen LogP contribution in [0.2, 0.25) is 0 Å². The lowest BCUT2D eigenvalue weighted by Crippen LogP contribution is -2.44. The first-order chi connectivity index (χ1) is 12.2. The van der Waals surface area contributed by atoms with Crippen LogP contribution in [0.4, 0.5) is 4.79 Å². The number of hydrogen-bond donors (Lipinski definition) is 2. The molecule has 8 nitrogen and oxygen atoms in total. The van der Waals surface area contributed by atoms with E-state index in [9.17, 15) is 4.79 Å². The molecule has 0 radical (unpaired) electrons. The predicted molar refractivity (Wildman–Crippen MR) is 105 cm³/mol. The molecular formula is C18H37N5O3. The number of nitrogens with one attached hydrogen (secondary N) is 2. The Morgan fingerprint density at radius 1 is 1.35 bits per heavy atom. The van der Waals surface area contributed by atoms with Crippen LogP contribution in [0.25, 0.3) is 0 Å². The van der Waals surface area contributed by atoms with Gasteiger partial charge < -0.3 is 29.9 Å². The number of likely N-dealkylation sites (tertiary alicyclic amines) is 1. The van der Waals surface area contributed by atoms with Gasteiger partial charge in [-0.3, -0.25) is 4.99 Å². The number of carbonyl (C=O) groups excluding carboxylic acids is 1. The molecule has 0 spiro atoms. The average Bonchev–Trinajstić information content (AvgIpc) is 2.98. The predicted octanol–water partition coefficient (Wildman–Crippen LogP) is 1.13. The lowest BCUT2D eigenvalue weighted by Gasteiger charge is -2.23. The fraction of sp³-hybridized carbons (Fsp3) is 0.889. The molecule has 26 heavy (non-hydrogen) atoms. The number of methoxy groups -OCH3 is 1. The van der Waals surface area contributed by atoms with Crippen LogP contribution in [0.5, 0.6) is 0 Å². The zero-order valence-electron chi connectivity index (χ0n) is 17.3. The molecule has 0 aliphatic carbocycles. The molecular weight excluding hydrogens is 334 g/mol. The molecule has 0 aromatic rings. The fourth-order valence-corrected chi connectivity index (χ4v) is 2.66. The van der Waals surface area contributed by atoms with Crippen LogP contribution in [0.15, 0.2) is 4.99 Å². The number of ether oxygens (including phenoxy) is 2. The minimum absolute atomic E-state index is 0.0816. The van der Waals surface area contributed by atoms with Gasteiger partial charge in [0.2, 0.25) is 0 Å². The molecule has 1 fully saturated rings.